The Kier molecular flexibility index (Phi) is 3.86. The Bertz CT molecular complexity index is 875. The molecule has 4 nitrogen and oxygen atoms in total. The minimum atomic E-state index is -0.0323. The summed E-state index contributed by atoms with van der Waals surface area (Å²) in [6, 6.07) is 14.2. The second kappa shape index (κ2) is 6.17. The highest BCUT2D eigenvalue weighted by atomic mass is 32.1. The second-order valence-corrected chi connectivity index (χ2v) is 6.78. The van der Waals surface area contributed by atoms with Crippen molar-refractivity contribution < 1.29 is 4.79 Å². The molecule has 1 aliphatic carbocycles. The van der Waals surface area contributed by atoms with Crippen molar-refractivity contribution in [3.8, 4) is 10.7 Å². The zero-order valence-corrected chi connectivity index (χ0v) is 14.2. The van der Waals surface area contributed by atoms with Crippen LogP contribution in [0.2, 0.25) is 0 Å². The summed E-state index contributed by atoms with van der Waals surface area (Å²) in [7, 11) is 1.87. The minimum Gasteiger partial charge on any atom is -0.333 e. The van der Waals surface area contributed by atoms with Crippen LogP contribution in [0.4, 0.5) is 0 Å². The molecule has 3 aromatic rings. The van der Waals surface area contributed by atoms with Crippen LogP contribution in [-0.2, 0) is 6.42 Å². The Morgan fingerprint density at radius 3 is 2.88 bits per heavy atom. The molecule has 4 rings (SSSR count). The van der Waals surface area contributed by atoms with Gasteiger partial charge in [-0.1, -0.05) is 30.3 Å². The molecule has 0 spiro atoms. The van der Waals surface area contributed by atoms with Gasteiger partial charge in [0, 0.05) is 18.6 Å². The van der Waals surface area contributed by atoms with Crippen LogP contribution in [0.15, 0.2) is 54.0 Å². The molecule has 0 fully saturated rings. The smallest absolute Gasteiger partial charge is 0.273 e. The minimum absolute atomic E-state index is 0.0323. The fraction of sp³-hybridized carbons (Fsp3) is 0.211. The number of carbonyl (C=O) groups excluding carboxylic acids is 1. The standard InChI is InChI=1S/C19H17N3OS/c1-22(17-10-9-13-6-2-3-7-14(13)17)19(23)16-12-24-18(21-16)15-8-4-5-11-20-15/h2-8,11-12,17H,9-10H2,1H3/t17-/m0/s1. The highest BCUT2D eigenvalue weighted by Gasteiger charge is 2.29. The lowest BCUT2D eigenvalue weighted by atomic mass is 10.1. The molecule has 0 radical (unpaired) electrons. The first-order chi connectivity index (χ1) is 11.7. The lowest BCUT2D eigenvalue weighted by Gasteiger charge is -2.24. The summed E-state index contributed by atoms with van der Waals surface area (Å²) in [6.45, 7) is 0. The number of fused-ring (bicyclic) bond motifs is 1. The number of hydrogen-bond acceptors (Lipinski definition) is 4. The molecule has 0 saturated heterocycles. The Balaban J connectivity index is 1.57. The fourth-order valence-corrected chi connectivity index (χ4v) is 4.01. The molecule has 24 heavy (non-hydrogen) atoms. The highest BCUT2D eigenvalue weighted by Crippen LogP contribution is 2.35. The van der Waals surface area contributed by atoms with Crippen LogP contribution in [0, 0.1) is 0 Å². The Labute approximate surface area is 144 Å². The van der Waals surface area contributed by atoms with Crippen LogP contribution in [0.25, 0.3) is 10.7 Å². The molecule has 1 amide bonds. The van der Waals surface area contributed by atoms with Gasteiger partial charge in [-0.25, -0.2) is 4.98 Å². The Morgan fingerprint density at radius 2 is 2.04 bits per heavy atom. The number of carbonyl (C=O) groups is 1. The van der Waals surface area contributed by atoms with E-state index in [2.05, 4.69) is 28.2 Å². The molecular weight excluding hydrogens is 318 g/mol. The predicted octanol–water partition coefficient (Wildman–Crippen LogP) is 3.96. The molecule has 5 heteroatoms. The summed E-state index contributed by atoms with van der Waals surface area (Å²) in [5.74, 6) is -0.0323. The molecule has 0 N–H and O–H groups in total. The van der Waals surface area contributed by atoms with E-state index >= 15 is 0 Å². The number of nitrogens with zero attached hydrogens (tertiary/aromatic N) is 3. The number of aromatic nitrogens is 2. The third-order valence-corrected chi connectivity index (χ3v) is 5.36. The van der Waals surface area contributed by atoms with E-state index in [9.17, 15) is 4.79 Å². The van der Waals surface area contributed by atoms with Gasteiger partial charge in [0.25, 0.3) is 5.91 Å². The zero-order chi connectivity index (χ0) is 16.5. The third-order valence-electron chi connectivity index (χ3n) is 4.50. The van der Waals surface area contributed by atoms with Gasteiger partial charge in [-0.15, -0.1) is 11.3 Å². The maximum absolute atomic E-state index is 12.8. The molecule has 1 aliphatic rings. The van der Waals surface area contributed by atoms with E-state index < -0.39 is 0 Å². The van der Waals surface area contributed by atoms with Crippen LogP contribution < -0.4 is 0 Å². The van der Waals surface area contributed by atoms with Crippen LogP contribution in [0.3, 0.4) is 0 Å². The van der Waals surface area contributed by atoms with Gasteiger partial charge in [0.1, 0.15) is 10.7 Å². The van der Waals surface area contributed by atoms with Gasteiger partial charge in [-0.3, -0.25) is 9.78 Å². The first-order valence-corrected chi connectivity index (χ1v) is 8.84. The Hall–Kier alpha value is -2.53. The first-order valence-electron chi connectivity index (χ1n) is 7.96. The first kappa shape index (κ1) is 15.0. The summed E-state index contributed by atoms with van der Waals surface area (Å²) in [4.78, 5) is 23.4. The Morgan fingerprint density at radius 1 is 1.21 bits per heavy atom. The van der Waals surface area contributed by atoms with Crippen molar-refractivity contribution in [2.75, 3.05) is 7.05 Å². The average Bonchev–Trinajstić information content (AvgIpc) is 3.28. The van der Waals surface area contributed by atoms with Gasteiger partial charge >= 0.3 is 0 Å². The van der Waals surface area contributed by atoms with E-state index in [0.717, 1.165) is 23.5 Å². The van der Waals surface area contributed by atoms with Crippen molar-refractivity contribution in [2.45, 2.75) is 18.9 Å². The number of rotatable bonds is 3. The van der Waals surface area contributed by atoms with Gasteiger partial charge < -0.3 is 4.90 Å². The quantitative estimate of drug-likeness (QED) is 0.728. The monoisotopic (exact) mass is 335 g/mol. The molecule has 0 unspecified atom stereocenters. The third kappa shape index (κ3) is 2.61. The van der Waals surface area contributed by atoms with E-state index in [-0.39, 0.29) is 11.9 Å². The molecule has 2 heterocycles. The maximum atomic E-state index is 12.8. The second-order valence-electron chi connectivity index (χ2n) is 5.92. The summed E-state index contributed by atoms with van der Waals surface area (Å²) >= 11 is 1.46. The largest absolute Gasteiger partial charge is 0.333 e. The molecule has 0 saturated carbocycles. The van der Waals surface area contributed by atoms with Gasteiger partial charge in [-0.2, -0.15) is 0 Å². The number of hydrogen-bond donors (Lipinski definition) is 0. The maximum Gasteiger partial charge on any atom is 0.273 e. The van der Waals surface area contributed by atoms with E-state index in [0.29, 0.717) is 5.69 Å². The number of pyridine rings is 1. The topological polar surface area (TPSA) is 46.1 Å². The van der Waals surface area contributed by atoms with Crippen LogP contribution in [0.1, 0.15) is 34.1 Å². The predicted molar refractivity (Wildman–Crippen MR) is 94.9 cm³/mol. The van der Waals surface area contributed by atoms with E-state index in [1.165, 1.54) is 22.5 Å². The number of benzene rings is 1. The lowest BCUT2D eigenvalue weighted by molar-refractivity contribution is 0.0725. The summed E-state index contributed by atoms with van der Waals surface area (Å²) in [6.07, 6.45) is 3.73. The SMILES string of the molecule is CN(C(=O)c1csc(-c2ccccn2)n1)[C@H]1CCc2ccccc21. The summed E-state index contributed by atoms with van der Waals surface area (Å²) in [5, 5.41) is 2.60. The summed E-state index contributed by atoms with van der Waals surface area (Å²) in [5.41, 5.74) is 3.89. The van der Waals surface area contributed by atoms with Gasteiger partial charge in [0.2, 0.25) is 0 Å². The van der Waals surface area contributed by atoms with Crippen molar-refractivity contribution in [1.29, 1.82) is 0 Å². The number of aryl methyl sites for hydroxylation is 1. The van der Waals surface area contributed by atoms with Crippen molar-refractivity contribution in [3.05, 3.63) is 70.9 Å². The van der Waals surface area contributed by atoms with Crippen molar-refractivity contribution in [3.63, 3.8) is 0 Å². The summed E-state index contributed by atoms with van der Waals surface area (Å²) < 4.78 is 0. The molecule has 0 aliphatic heterocycles. The van der Waals surface area contributed by atoms with Crippen molar-refractivity contribution >= 4 is 17.2 Å². The van der Waals surface area contributed by atoms with E-state index in [1.54, 1.807) is 6.20 Å². The fourth-order valence-electron chi connectivity index (χ4n) is 3.24. The molecule has 2 aromatic heterocycles. The van der Waals surface area contributed by atoms with E-state index in [1.807, 2.05) is 41.6 Å². The number of thiazole rings is 1. The van der Waals surface area contributed by atoms with Gasteiger partial charge in [0.15, 0.2) is 0 Å². The van der Waals surface area contributed by atoms with Crippen molar-refractivity contribution in [1.82, 2.24) is 14.9 Å². The lowest BCUT2D eigenvalue weighted by Crippen LogP contribution is -2.30. The van der Waals surface area contributed by atoms with Crippen molar-refractivity contribution in [2.24, 2.45) is 0 Å². The van der Waals surface area contributed by atoms with Gasteiger partial charge in [-0.05, 0) is 36.1 Å². The van der Waals surface area contributed by atoms with Crippen LogP contribution in [0.5, 0.6) is 0 Å². The number of amides is 1. The molecule has 0 bridgehead atoms. The average molecular weight is 335 g/mol. The molecule has 120 valence electrons. The van der Waals surface area contributed by atoms with Crippen LogP contribution in [-0.4, -0.2) is 27.8 Å². The normalized spacial score (nSPS) is 16.0. The molecule has 1 aromatic carbocycles. The highest BCUT2D eigenvalue weighted by molar-refractivity contribution is 7.13. The molecule has 1 atom stereocenters. The van der Waals surface area contributed by atoms with Gasteiger partial charge in [0.05, 0.1) is 11.7 Å². The molecular formula is C19H17N3OS. The van der Waals surface area contributed by atoms with E-state index in [4.69, 9.17) is 0 Å². The zero-order valence-electron chi connectivity index (χ0n) is 13.3. The van der Waals surface area contributed by atoms with Crippen LogP contribution >= 0.6 is 11.3 Å².